The van der Waals surface area contributed by atoms with E-state index in [4.69, 9.17) is 33.2 Å². The molecule has 15 nitrogen and oxygen atoms in total. The van der Waals surface area contributed by atoms with Crippen LogP contribution in [0.25, 0.3) is 0 Å². The Kier molecular flexibility index (Phi) is 20.4. The Hall–Kier alpha value is -3.31. The predicted octanol–water partition coefficient (Wildman–Crippen LogP) is 2.50. The van der Waals surface area contributed by atoms with Crippen LogP contribution in [0.1, 0.15) is 79.0 Å². The smallest absolute Gasteiger partial charge is 0.264 e. The quantitative estimate of drug-likeness (QED) is 0.0920. The maximum atomic E-state index is 13.2. The van der Waals surface area contributed by atoms with Gasteiger partial charge in [0.2, 0.25) is 17.7 Å². The first-order valence-electron chi connectivity index (χ1n) is 17.6. The first-order chi connectivity index (χ1) is 24.4. The first-order valence-corrected chi connectivity index (χ1v) is 17.6. The highest BCUT2D eigenvalue weighted by Crippen LogP contribution is 2.32. The van der Waals surface area contributed by atoms with Gasteiger partial charge in [0.05, 0.1) is 96.1 Å². The van der Waals surface area contributed by atoms with E-state index < -0.39 is 29.7 Å². The van der Waals surface area contributed by atoms with Crippen LogP contribution < -0.4 is 10.6 Å². The summed E-state index contributed by atoms with van der Waals surface area (Å²) in [7, 11) is 0. The minimum atomic E-state index is -1.07. The van der Waals surface area contributed by atoms with Crippen molar-refractivity contribution < 1.29 is 57.1 Å². The summed E-state index contributed by atoms with van der Waals surface area (Å²) < 4.78 is 38.3. The number of ether oxygens (including phenoxy) is 7. The molecule has 1 unspecified atom stereocenters. The van der Waals surface area contributed by atoms with Gasteiger partial charge in [0.25, 0.3) is 11.8 Å². The molecule has 2 N–H and O–H groups in total. The normalized spacial score (nSPS) is 15.9. The van der Waals surface area contributed by atoms with Crippen molar-refractivity contribution in [2.24, 2.45) is 0 Å². The third kappa shape index (κ3) is 14.9. The molecule has 280 valence electrons. The second-order valence-electron chi connectivity index (χ2n) is 11.7. The molecule has 2 aliphatic heterocycles. The first kappa shape index (κ1) is 41.1. The predicted molar refractivity (Wildman–Crippen MR) is 181 cm³/mol. The average molecular weight is 708 g/mol. The van der Waals surface area contributed by atoms with E-state index in [1.165, 1.54) is 6.07 Å². The molecule has 1 aromatic carbocycles. The molecule has 15 heteroatoms. The summed E-state index contributed by atoms with van der Waals surface area (Å²) in [6, 6.07) is 3.54. The number of carbonyl (C=O) groups is 5. The molecule has 1 saturated heterocycles. The average Bonchev–Trinajstić information content (AvgIpc) is 3.35. The Bertz CT molecular complexity index is 1210. The van der Waals surface area contributed by atoms with Crippen LogP contribution in [0.15, 0.2) is 18.2 Å². The zero-order chi connectivity index (χ0) is 35.8. The number of amides is 5. The lowest BCUT2D eigenvalue weighted by Crippen LogP contribution is -2.54. The topological polar surface area (TPSA) is 177 Å². The summed E-state index contributed by atoms with van der Waals surface area (Å²) in [6.07, 6.45) is 4.70. The Morgan fingerprint density at radius 3 is 1.74 bits per heavy atom. The van der Waals surface area contributed by atoms with E-state index >= 15 is 0 Å². The van der Waals surface area contributed by atoms with Crippen molar-refractivity contribution in [3.05, 3.63) is 29.3 Å². The minimum absolute atomic E-state index is 0.0327. The fourth-order valence-electron chi connectivity index (χ4n) is 5.17. The molecule has 3 rings (SSSR count). The van der Waals surface area contributed by atoms with Crippen LogP contribution in [0, 0.1) is 0 Å². The number of unbranched alkanes of at least 4 members (excludes halogenated alkanes) is 3. The molecule has 1 atom stereocenters. The lowest BCUT2D eigenvalue weighted by Gasteiger charge is -2.27. The lowest BCUT2D eigenvalue weighted by atomic mass is 10.0. The second-order valence-corrected chi connectivity index (χ2v) is 11.7. The molecule has 2 heterocycles. The van der Waals surface area contributed by atoms with Gasteiger partial charge in [-0.05, 0) is 37.8 Å². The van der Waals surface area contributed by atoms with E-state index in [9.17, 15) is 24.0 Å². The summed E-state index contributed by atoms with van der Waals surface area (Å²) in [6.45, 7) is 9.55. The number of nitrogens with one attached hydrogen (secondary N) is 2. The molecule has 0 aliphatic carbocycles. The largest absolute Gasteiger partial charge is 0.379 e. The van der Waals surface area contributed by atoms with Crippen LogP contribution in [-0.4, -0.2) is 133 Å². The summed E-state index contributed by atoms with van der Waals surface area (Å²) in [4.78, 5) is 63.4. The van der Waals surface area contributed by atoms with Crippen molar-refractivity contribution in [3.8, 4) is 0 Å². The molecular formula is C35H53N3O12. The molecule has 0 spiro atoms. The van der Waals surface area contributed by atoms with Gasteiger partial charge >= 0.3 is 0 Å². The van der Waals surface area contributed by atoms with Crippen LogP contribution in [0.3, 0.4) is 0 Å². The third-order valence-corrected chi connectivity index (χ3v) is 7.81. The number of hydrogen-bond donors (Lipinski definition) is 2. The molecule has 0 aromatic heterocycles. The van der Waals surface area contributed by atoms with Gasteiger partial charge in [-0.1, -0.05) is 25.8 Å². The van der Waals surface area contributed by atoms with Gasteiger partial charge in [0.1, 0.15) is 6.04 Å². The highest BCUT2D eigenvalue weighted by molar-refractivity contribution is 6.26. The number of rotatable bonds is 29. The number of carbonyl (C=O) groups excluding carboxylic acids is 5. The molecule has 0 radical (unpaired) electrons. The second kappa shape index (κ2) is 24.8. The monoisotopic (exact) mass is 707 g/mol. The van der Waals surface area contributed by atoms with Crippen molar-refractivity contribution in [1.82, 2.24) is 10.2 Å². The number of benzene rings is 1. The summed E-state index contributed by atoms with van der Waals surface area (Å²) in [5.74, 6) is -2.69. The van der Waals surface area contributed by atoms with Crippen molar-refractivity contribution in [1.29, 1.82) is 0 Å². The molecule has 1 fully saturated rings. The molecule has 1 aromatic rings. The summed E-state index contributed by atoms with van der Waals surface area (Å²) >= 11 is 0. The van der Waals surface area contributed by atoms with E-state index in [2.05, 4.69) is 17.6 Å². The molecule has 0 saturated carbocycles. The summed E-state index contributed by atoms with van der Waals surface area (Å²) in [5, 5.41) is 4.90. The fraction of sp³-hybridized carbons (Fsp3) is 0.686. The van der Waals surface area contributed by atoms with Gasteiger partial charge in [0.15, 0.2) is 0 Å². The van der Waals surface area contributed by atoms with Crippen LogP contribution >= 0.6 is 0 Å². The number of fused-ring (bicyclic) bond motifs is 1. The molecular weight excluding hydrogens is 654 g/mol. The zero-order valence-corrected chi connectivity index (χ0v) is 29.2. The Labute approximate surface area is 293 Å². The van der Waals surface area contributed by atoms with Crippen LogP contribution in [0.5, 0.6) is 0 Å². The van der Waals surface area contributed by atoms with Crippen molar-refractivity contribution in [2.75, 3.05) is 97.8 Å². The van der Waals surface area contributed by atoms with Crippen LogP contribution in [0.2, 0.25) is 0 Å². The van der Waals surface area contributed by atoms with E-state index in [-0.39, 0.29) is 42.0 Å². The van der Waals surface area contributed by atoms with Gasteiger partial charge in [-0.2, -0.15) is 0 Å². The number of anilines is 1. The van der Waals surface area contributed by atoms with Crippen molar-refractivity contribution in [3.63, 3.8) is 0 Å². The van der Waals surface area contributed by atoms with Crippen molar-refractivity contribution in [2.45, 2.75) is 64.3 Å². The zero-order valence-electron chi connectivity index (χ0n) is 29.2. The maximum Gasteiger partial charge on any atom is 0.264 e. The Morgan fingerprint density at radius 1 is 0.700 bits per heavy atom. The van der Waals surface area contributed by atoms with E-state index in [0.29, 0.717) is 92.3 Å². The standard InChI is InChI=1S/C35H53N3O12/c1-2-3-13-44-15-17-46-19-21-48-23-25-50-26-24-49-22-20-47-18-16-45-14-6-4-5-10-30(39)36-28-9-7-8-27-32(28)35(43)38(34(27)42)29-11-12-31(40)37-33(29)41/h7-9,29H,2-6,10-26H2,1H3,(H,36,39)(H,37,40,41). The highest BCUT2D eigenvalue weighted by Gasteiger charge is 2.45. The van der Waals surface area contributed by atoms with E-state index in [1.54, 1.807) is 12.1 Å². The Morgan fingerprint density at radius 2 is 1.22 bits per heavy atom. The highest BCUT2D eigenvalue weighted by atomic mass is 16.6. The fourth-order valence-corrected chi connectivity index (χ4v) is 5.17. The van der Waals surface area contributed by atoms with Crippen LogP contribution in [0.4, 0.5) is 5.69 Å². The number of hydrogen-bond acceptors (Lipinski definition) is 12. The SMILES string of the molecule is CCCCOCCOCCOCCOCCOCCOCCOCCCCCC(=O)Nc1cccc2c1C(=O)N(C1CCC(=O)NC1=O)C2=O. The number of imide groups is 2. The molecule has 0 bridgehead atoms. The summed E-state index contributed by atoms with van der Waals surface area (Å²) in [5.41, 5.74) is 0.396. The molecule has 5 amide bonds. The van der Waals surface area contributed by atoms with Gasteiger partial charge in [0, 0.05) is 26.1 Å². The van der Waals surface area contributed by atoms with Gasteiger partial charge in [-0.25, -0.2) is 0 Å². The third-order valence-electron chi connectivity index (χ3n) is 7.81. The van der Waals surface area contributed by atoms with Gasteiger partial charge < -0.3 is 38.5 Å². The molecule has 2 aliphatic rings. The minimum Gasteiger partial charge on any atom is -0.379 e. The number of piperidine rings is 1. The molecule has 50 heavy (non-hydrogen) atoms. The van der Waals surface area contributed by atoms with Gasteiger partial charge in [-0.3, -0.25) is 34.2 Å². The van der Waals surface area contributed by atoms with E-state index in [1.807, 2.05) is 0 Å². The van der Waals surface area contributed by atoms with Crippen LogP contribution in [-0.2, 0) is 47.5 Å². The maximum absolute atomic E-state index is 13.2. The van der Waals surface area contributed by atoms with E-state index in [0.717, 1.165) is 37.2 Å². The number of nitrogens with zero attached hydrogens (tertiary/aromatic N) is 1. The van der Waals surface area contributed by atoms with Crippen molar-refractivity contribution >= 4 is 35.2 Å². The van der Waals surface area contributed by atoms with Gasteiger partial charge in [-0.15, -0.1) is 0 Å². The lowest BCUT2D eigenvalue weighted by molar-refractivity contribution is -0.136. The Balaban J connectivity index is 1.10.